The lowest BCUT2D eigenvalue weighted by atomic mass is 9.92. The van der Waals surface area contributed by atoms with Crippen molar-refractivity contribution in [1.82, 2.24) is 14.9 Å². The maximum absolute atomic E-state index is 12.9. The van der Waals surface area contributed by atoms with E-state index in [9.17, 15) is 13.2 Å². The van der Waals surface area contributed by atoms with E-state index < -0.39 is 15.4 Å². The summed E-state index contributed by atoms with van der Waals surface area (Å²) in [6.07, 6.45) is 5.40. The van der Waals surface area contributed by atoms with Gasteiger partial charge in [-0.15, -0.1) is 11.3 Å². The molecular weight excluding hydrogens is 476 g/mol. The van der Waals surface area contributed by atoms with Crippen molar-refractivity contribution in [2.45, 2.75) is 62.6 Å². The zero-order chi connectivity index (χ0) is 24.3. The summed E-state index contributed by atoms with van der Waals surface area (Å²) in [5, 5.41) is 2.51. The predicted molar refractivity (Wildman–Crippen MR) is 130 cm³/mol. The predicted octanol–water partition coefficient (Wildman–Crippen LogP) is 4.33. The van der Waals surface area contributed by atoms with Gasteiger partial charge in [-0.05, 0) is 52.2 Å². The van der Waals surface area contributed by atoms with Crippen LogP contribution in [0.2, 0.25) is 0 Å². The summed E-state index contributed by atoms with van der Waals surface area (Å²) in [7, 11) is -3.44. The Bertz CT molecular complexity index is 1310. The number of oxazole rings is 1. The zero-order valence-corrected chi connectivity index (χ0v) is 21.3. The van der Waals surface area contributed by atoms with Gasteiger partial charge < -0.3 is 14.1 Å². The van der Waals surface area contributed by atoms with Gasteiger partial charge in [-0.2, -0.15) is 4.98 Å². The standard InChI is InChI=1S/C23H28N4O5S2/c1-23(2,3)32-22(28)27-14-6-5-7-15(27)13-26(12-14)21-25-18-11-16(34(4,29)30)10-17(19(18)31-21)20-24-8-9-33-20/h8-11,14-15H,5-7,12-13H2,1-4H3. The van der Waals surface area contributed by atoms with E-state index in [2.05, 4.69) is 14.9 Å². The van der Waals surface area contributed by atoms with Gasteiger partial charge in [0.15, 0.2) is 15.4 Å². The molecule has 2 aliphatic rings. The zero-order valence-electron chi connectivity index (χ0n) is 19.6. The Kier molecular flexibility index (Phi) is 5.59. The topological polar surface area (TPSA) is 106 Å². The van der Waals surface area contributed by atoms with Gasteiger partial charge in [0.2, 0.25) is 0 Å². The van der Waals surface area contributed by atoms with Gasteiger partial charge in [-0.1, -0.05) is 0 Å². The van der Waals surface area contributed by atoms with Crippen LogP contribution in [-0.2, 0) is 14.6 Å². The number of benzene rings is 1. The highest BCUT2D eigenvalue weighted by atomic mass is 32.2. The van der Waals surface area contributed by atoms with Gasteiger partial charge in [-0.25, -0.2) is 18.2 Å². The maximum atomic E-state index is 12.9. The van der Waals surface area contributed by atoms with E-state index in [1.807, 2.05) is 31.1 Å². The lowest BCUT2D eigenvalue weighted by Crippen LogP contribution is -2.63. The number of sulfone groups is 1. The Morgan fingerprint density at radius 2 is 1.91 bits per heavy atom. The second-order valence-electron chi connectivity index (χ2n) is 9.96. The van der Waals surface area contributed by atoms with Crippen molar-refractivity contribution in [1.29, 1.82) is 0 Å². The molecule has 0 saturated carbocycles. The quantitative estimate of drug-likeness (QED) is 0.519. The van der Waals surface area contributed by atoms with Crippen LogP contribution in [0, 0.1) is 0 Å². The van der Waals surface area contributed by atoms with E-state index in [0.29, 0.717) is 40.8 Å². The van der Waals surface area contributed by atoms with Crippen molar-refractivity contribution in [3.05, 3.63) is 23.7 Å². The Morgan fingerprint density at radius 1 is 1.21 bits per heavy atom. The van der Waals surface area contributed by atoms with Crippen molar-refractivity contribution >= 4 is 44.4 Å². The van der Waals surface area contributed by atoms with Gasteiger partial charge in [0.1, 0.15) is 16.1 Å². The van der Waals surface area contributed by atoms with Crippen molar-refractivity contribution in [3.63, 3.8) is 0 Å². The first-order valence-corrected chi connectivity index (χ1v) is 14.1. The van der Waals surface area contributed by atoms with Crippen LogP contribution in [0.1, 0.15) is 40.0 Å². The second-order valence-corrected chi connectivity index (χ2v) is 12.9. The molecule has 0 aliphatic carbocycles. The summed E-state index contributed by atoms with van der Waals surface area (Å²) in [6.45, 7) is 6.78. The minimum absolute atomic E-state index is 0.00220. The first-order chi connectivity index (χ1) is 16.0. The summed E-state index contributed by atoms with van der Waals surface area (Å²) < 4.78 is 36.5. The van der Waals surface area contributed by atoms with Crippen LogP contribution in [0.3, 0.4) is 0 Å². The molecule has 0 radical (unpaired) electrons. The Balaban J connectivity index is 1.50. The average Bonchev–Trinajstić information content (AvgIpc) is 3.40. The van der Waals surface area contributed by atoms with Crippen LogP contribution in [0.15, 0.2) is 33.0 Å². The van der Waals surface area contributed by atoms with E-state index in [1.54, 1.807) is 18.3 Å². The number of hydrogen-bond donors (Lipinski definition) is 0. The van der Waals surface area contributed by atoms with Crippen LogP contribution < -0.4 is 4.90 Å². The molecule has 0 N–H and O–H groups in total. The minimum Gasteiger partial charge on any atom is -0.444 e. The Hall–Kier alpha value is -2.66. The van der Waals surface area contributed by atoms with Crippen LogP contribution in [0.5, 0.6) is 0 Å². The molecule has 2 bridgehead atoms. The third kappa shape index (κ3) is 4.38. The minimum atomic E-state index is -3.44. The smallest absolute Gasteiger partial charge is 0.410 e. The number of thiazole rings is 1. The first-order valence-electron chi connectivity index (χ1n) is 11.3. The third-order valence-corrected chi connectivity index (χ3v) is 8.04. The highest BCUT2D eigenvalue weighted by Gasteiger charge is 2.43. The molecule has 1 amide bonds. The van der Waals surface area contributed by atoms with Gasteiger partial charge in [0, 0.05) is 30.9 Å². The molecule has 2 fully saturated rings. The number of carbonyl (C=O) groups excluding carboxylic acids is 1. The van der Waals surface area contributed by atoms with Gasteiger partial charge in [0.25, 0.3) is 6.01 Å². The van der Waals surface area contributed by atoms with Crippen LogP contribution in [-0.4, -0.2) is 66.4 Å². The molecule has 4 heterocycles. The lowest BCUT2D eigenvalue weighted by molar-refractivity contribution is -0.0102. The first kappa shape index (κ1) is 23.1. The van der Waals surface area contributed by atoms with E-state index in [-0.39, 0.29) is 23.1 Å². The fraction of sp³-hybridized carbons (Fsp3) is 0.522. The molecule has 1 aromatic carbocycles. The SMILES string of the molecule is CC(C)(C)OC(=O)N1C2CCCC1CN(c1nc3cc(S(C)(=O)=O)cc(-c4nccs4)c3o1)C2. The number of piperazine rings is 1. The number of aromatic nitrogens is 2. The largest absolute Gasteiger partial charge is 0.444 e. The molecule has 2 aliphatic heterocycles. The summed E-state index contributed by atoms with van der Waals surface area (Å²) in [5.41, 5.74) is 1.05. The number of amides is 1. The third-order valence-electron chi connectivity index (χ3n) is 6.14. The number of fused-ring (bicyclic) bond motifs is 3. The molecular formula is C23H28N4O5S2. The van der Waals surface area contributed by atoms with E-state index in [1.165, 1.54) is 17.6 Å². The number of carbonyl (C=O) groups is 1. The molecule has 2 atom stereocenters. The summed E-state index contributed by atoms with van der Waals surface area (Å²) >= 11 is 1.41. The van der Waals surface area contributed by atoms with Crippen LogP contribution in [0.4, 0.5) is 10.8 Å². The van der Waals surface area contributed by atoms with E-state index in [0.717, 1.165) is 19.3 Å². The van der Waals surface area contributed by atoms with Crippen LogP contribution >= 0.6 is 11.3 Å². The molecule has 2 aromatic heterocycles. The molecule has 2 unspecified atom stereocenters. The molecule has 2 saturated heterocycles. The summed E-state index contributed by atoms with van der Waals surface area (Å²) in [4.78, 5) is 26.0. The number of rotatable bonds is 3. The molecule has 9 nitrogen and oxygen atoms in total. The van der Waals surface area contributed by atoms with Crippen molar-refractivity contribution in [2.24, 2.45) is 0 Å². The highest BCUT2D eigenvalue weighted by Crippen LogP contribution is 2.37. The van der Waals surface area contributed by atoms with Crippen molar-refractivity contribution in [2.75, 3.05) is 24.2 Å². The molecule has 3 aromatic rings. The molecule has 5 rings (SSSR count). The number of hydrogen-bond acceptors (Lipinski definition) is 9. The average molecular weight is 505 g/mol. The number of anilines is 1. The molecule has 11 heteroatoms. The van der Waals surface area contributed by atoms with Gasteiger partial charge in [-0.3, -0.25) is 4.90 Å². The number of ether oxygens (including phenoxy) is 1. The number of piperidine rings is 1. The Labute approximate surface area is 202 Å². The maximum Gasteiger partial charge on any atom is 0.410 e. The fourth-order valence-corrected chi connectivity index (χ4v) is 6.04. The van der Waals surface area contributed by atoms with E-state index >= 15 is 0 Å². The summed E-state index contributed by atoms with van der Waals surface area (Å²) in [5.74, 6) is 0. The fourth-order valence-electron chi connectivity index (χ4n) is 4.74. The van der Waals surface area contributed by atoms with E-state index in [4.69, 9.17) is 9.15 Å². The lowest BCUT2D eigenvalue weighted by Gasteiger charge is -2.49. The molecule has 34 heavy (non-hydrogen) atoms. The highest BCUT2D eigenvalue weighted by molar-refractivity contribution is 7.90. The second kappa shape index (κ2) is 8.23. The summed E-state index contributed by atoms with van der Waals surface area (Å²) in [6, 6.07) is 3.58. The molecule has 182 valence electrons. The van der Waals surface area contributed by atoms with Gasteiger partial charge >= 0.3 is 6.09 Å². The van der Waals surface area contributed by atoms with Crippen molar-refractivity contribution in [3.8, 4) is 10.6 Å². The number of nitrogens with zero attached hydrogens (tertiary/aromatic N) is 4. The Morgan fingerprint density at radius 3 is 2.50 bits per heavy atom. The van der Waals surface area contributed by atoms with Crippen molar-refractivity contribution < 1.29 is 22.4 Å². The normalized spacial score (nSPS) is 21.2. The molecule has 0 spiro atoms. The van der Waals surface area contributed by atoms with Crippen LogP contribution in [0.25, 0.3) is 21.7 Å². The monoisotopic (exact) mass is 504 g/mol. The van der Waals surface area contributed by atoms with Gasteiger partial charge in [0.05, 0.1) is 22.5 Å².